The average molecular weight is 264 g/mol. The van der Waals surface area contributed by atoms with Crippen LogP contribution in [0.3, 0.4) is 0 Å². The highest BCUT2D eigenvalue weighted by Gasteiger charge is 2.33. The number of rotatable bonds is 5. The topological polar surface area (TPSA) is 67.5 Å². The van der Waals surface area contributed by atoms with Crippen LogP contribution in [-0.4, -0.2) is 31.5 Å². The van der Waals surface area contributed by atoms with Crippen LogP contribution in [0.4, 0.5) is 24.5 Å². The first kappa shape index (κ1) is 14.6. The number of alkyl halides is 3. The van der Waals surface area contributed by atoms with Gasteiger partial charge in [0.2, 0.25) is 0 Å². The molecule has 1 unspecified atom stereocenters. The fourth-order valence-electron chi connectivity index (χ4n) is 1.47. The quantitative estimate of drug-likeness (QED) is 0.708. The maximum Gasteiger partial charge on any atom is 0.418 e. The van der Waals surface area contributed by atoms with Crippen molar-refractivity contribution in [3.8, 4) is 0 Å². The van der Waals surface area contributed by atoms with E-state index in [4.69, 9.17) is 15.6 Å². The third-order valence-electron chi connectivity index (χ3n) is 2.32. The van der Waals surface area contributed by atoms with Gasteiger partial charge in [-0.3, -0.25) is 0 Å². The number of nitrogen functional groups attached to an aromatic ring is 1. The molecule has 102 valence electrons. The van der Waals surface area contributed by atoms with E-state index in [0.717, 1.165) is 6.07 Å². The molecule has 4 nitrogen and oxygen atoms in total. The van der Waals surface area contributed by atoms with Gasteiger partial charge >= 0.3 is 6.18 Å². The first-order valence-corrected chi connectivity index (χ1v) is 5.21. The zero-order valence-corrected chi connectivity index (χ0v) is 9.79. The maximum atomic E-state index is 12.6. The predicted molar refractivity (Wildman–Crippen MR) is 62.2 cm³/mol. The molecule has 0 amide bonds. The molecule has 4 N–H and O–H groups in total. The number of methoxy groups -OCH3 is 1. The first-order chi connectivity index (χ1) is 8.38. The van der Waals surface area contributed by atoms with Gasteiger partial charge in [-0.1, -0.05) is 0 Å². The van der Waals surface area contributed by atoms with Crippen LogP contribution in [0, 0.1) is 0 Å². The lowest BCUT2D eigenvalue weighted by atomic mass is 10.1. The lowest BCUT2D eigenvalue weighted by molar-refractivity contribution is -0.136. The molecule has 1 aromatic carbocycles. The van der Waals surface area contributed by atoms with Gasteiger partial charge < -0.3 is 20.9 Å². The van der Waals surface area contributed by atoms with Crippen molar-refractivity contribution in [2.45, 2.75) is 12.2 Å². The summed E-state index contributed by atoms with van der Waals surface area (Å²) in [6.45, 7) is -0.0677. The molecule has 0 bridgehead atoms. The van der Waals surface area contributed by atoms with Gasteiger partial charge in [0, 0.05) is 18.5 Å². The van der Waals surface area contributed by atoms with Crippen molar-refractivity contribution in [2.75, 3.05) is 31.4 Å². The smallest absolute Gasteiger partial charge is 0.398 e. The van der Waals surface area contributed by atoms with Crippen LogP contribution in [0.1, 0.15) is 5.56 Å². The standard InChI is InChI=1S/C11H15F3N2O2/c1-18-6-8(5-17)16-7-2-3-10(15)9(4-7)11(12,13)14/h2-4,8,16-17H,5-6,15H2,1H3. The molecule has 0 aliphatic heterocycles. The summed E-state index contributed by atoms with van der Waals surface area (Å²) >= 11 is 0. The predicted octanol–water partition coefficient (Wildman–Crippen LogP) is 1.71. The van der Waals surface area contributed by atoms with E-state index in [0.29, 0.717) is 0 Å². The van der Waals surface area contributed by atoms with Gasteiger partial charge in [0.25, 0.3) is 0 Å². The van der Waals surface area contributed by atoms with Crippen molar-refractivity contribution in [3.05, 3.63) is 23.8 Å². The Kier molecular flexibility index (Phi) is 4.80. The number of ether oxygens (including phenoxy) is 1. The zero-order valence-electron chi connectivity index (χ0n) is 9.79. The second-order valence-corrected chi connectivity index (χ2v) is 3.78. The van der Waals surface area contributed by atoms with Crippen molar-refractivity contribution < 1.29 is 23.0 Å². The lowest BCUT2D eigenvalue weighted by Gasteiger charge is -2.18. The molecule has 0 aromatic heterocycles. The van der Waals surface area contributed by atoms with Crippen LogP contribution in [0.15, 0.2) is 18.2 Å². The number of halogens is 3. The summed E-state index contributed by atoms with van der Waals surface area (Å²) in [5.74, 6) is 0. The minimum Gasteiger partial charge on any atom is -0.398 e. The molecule has 1 aromatic rings. The molecule has 1 rings (SSSR count). The first-order valence-electron chi connectivity index (χ1n) is 5.21. The Morgan fingerprint density at radius 2 is 2.11 bits per heavy atom. The van der Waals surface area contributed by atoms with Crippen LogP contribution in [-0.2, 0) is 10.9 Å². The van der Waals surface area contributed by atoms with Crippen LogP contribution in [0.5, 0.6) is 0 Å². The highest BCUT2D eigenvalue weighted by atomic mass is 19.4. The summed E-state index contributed by atoms with van der Waals surface area (Å²) in [7, 11) is 1.44. The maximum absolute atomic E-state index is 12.6. The molecule has 0 aliphatic carbocycles. The normalized spacial score (nSPS) is 13.4. The molecule has 0 aliphatic rings. The van der Waals surface area contributed by atoms with Gasteiger partial charge in [-0.25, -0.2) is 0 Å². The number of hydrogen-bond donors (Lipinski definition) is 3. The fourth-order valence-corrected chi connectivity index (χ4v) is 1.47. The van der Waals surface area contributed by atoms with Crippen LogP contribution >= 0.6 is 0 Å². The molecule has 0 heterocycles. The number of aliphatic hydroxyl groups is 1. The van der Waals surface area contributed by atoms with E-state index >= 15 is 0 Å². The van der Waals surface area contributed by atoms with Gasteiger partial charge in [-0.05, 0) is 18.2 Å². The van der Waals surface area contributed by atoms with Gasteiger partial charge in [-0.15, -0.1) is 0 Å². The lowest BCUT2D eigenvalue weighted by Crippen LogP contribution is -2.28. The molecule has 0 radical (unpaired) electrons. The number of hydrogen-bond acceptors (Lipinski definition) is 4. The van der Waals surface area contributed by atoms with Gasteiger partial charge in [0.1, 0.15) is 0 Å². The number of benzene rings is 1. The summed E-state index contributed by atoms with van der Waals surface area (Å²) in [5, 5.41) is 11.8. The number of nitrogens with one attached hydrogen (secondary N) is 1. The Balaban J connectivity index is 2.91. The Morgan fingerprint density at radius 3 is 2.61 bits per heavy atom. The minimum atomic E-state index is -4.50. The van der Waals surface area contributed by atoms with E-state index in [1.165, 1.54) is 19.2 Å². The minimum absolute atomic E-state index is 0.183. The van der Waals surface area contributed by atoms with Crippen LogP contribution in [0.25, 0.3) is 0 Å². The summed E-state index contributed by atoms with van der Waals surface area (Å²) in [6.07, 6.45) is -4.50. The number of nitrogens with two attached hydrogens (primary N) is 1. The highest BCUT2D eigenvalue weighted by molar-refractivity contribution is 5.58. The highest BCUT2D eigenvalue weighted by Crippen LogP contribution is 2.35. The van der Waals surface area contributed by atoms with E-state index < -0.39 is 17.8 Å². The largest absolute Gasteiger partial charge is 0.418 e. The van der Waals surface area contributed by atoms with E-state index in [1.807, 2.05) is 0 Å². The molecular formula is C11H15F3N2O2. The van der Waals surface area contributed by atoms with Crippen molar-refractivity contribution in [1.29, 1.82) is 0 Å². The second-order valence-electron chi connectivity index (χ2n) is 3.78. The van der Waals surface area contributed by atoms with E-state index in [1.54, 1.807) is 0 Å². The SMILES string of the molecule is COCC(CO)Nc1ccc(N)c(C(F)(F)F)c1. The van der Waals surface area contributed by atoms with E-state index in [-0.39, 0.29) is 24.6 Å². The van der Waals surface area contributed by atoms with Crippen LogP contribution in [0.2, 0.25) is 0 Å². The summed E-state index contributed by atoms with van der Waals surface area (Å²) < 4.78 is 42.7. The molecule has 7 heteroatoms. The Bertz CT molecular complexity index is 396. The third-order valence-corrected chi connectivity index (χ3v) is 2.32. The number of anilines is 2. The molecule has 0 saturated carbocycles. The average Bonchev–Trinajstić information content (AvgIpc) is 2.29. The van der Waals surface area contributed by atoms with Crippen molar-refractivity contribution in [3.63, 3.8) is 0 Å². The number of aliphatic hydroxyl groups excluding tert-OH is 1. The Morgan fingerprint density at radius 1 is 1.44 bits per heavy atom. The molecule has 0 saturated heterocycles. The second kappa shape index (κ2) is 5.92. The summed E-state index contributed by atoms with van der Waals surface area (Å²) in [4.78, 5) is 0. The van der Waals surface area contributed by atoms with Gasteiger partial charge in [0.05, 0.1) is 24.8 Å². The molecule has 0 fully saturated rings. The Labute approximate surface area is 103 Å². The van der Waals surface area contributed by atoms with Gasteiger partial charge in [-0.2, -0.15) is 13.2 Å². The van der Waals surface area contributed by atoms with Crippen molar-refractivity contribution >= 4 is 11.4 Å². The summed E-state index contributed by atoms with van der Waals surface area (Å²) in [5.41, 5.74) is 4.27. The van der Waals surface area contributed by atoms with Gasteiger partial charge in [0.15, 0.2) is 0 Å². The Hall–Kier alpha value is -1.47. The molecule has 0 spiro atoms. The van der Waals surface area contributed by atoms with E-state index in [2.05, 4.69) is 5.32 Å². The molecule has 18 heavy (non-hydrogen) atoms. The van der Waals surface area contributed by atoms with E-state index in [9.17, 15) is 13.2 Å². The van der Waals surface area contributed by atoms with Crippen LogP contribution < -0.4 is 11.1 Å². The van der Waals surface area contributed by atoms with Crippen molar-refractivity contribution in [2.24, 2.45) is 0 Å². The zero-order chi connectivity index (χ0) is 13.8. The summed E-state index contributed by atoms with van der Waals surface area (Å²) in [6, 6.07) is 3.03. The fraction of sp³-hybridized carbons (Fsp3) is 0.455. The molecular weight excluding hydrogens is 249 g/mol. The third kappa shape index (κ3) is 3.78. The molecule has 1 atom stereocenters. The monoisotopic (exact) mass is 264 g/mol. The van der Waals surface area contributed by atoms with Crippen molar-refractivity contribution in [1.82, 2.24) is 0 Å².